The van der Waals surface area contributed by atoms with Crippen LogP contribution in [0.2, 0.25) is 0 Å². The van der Waals surface area contributed by atoms with Gasteiger partial charge in [0.25, 0.3) is 5.91 Å². The van der Waals surface area contributed by atoms with Crippen molar-refractivity contribution in [2.45, 2.75) is 64.3 Å². The first-order chi connectivity index (χ1) is 12.6. The van der Waals surface area contributed by atoms with E-state index < -0.39 is 0 Å². The van der Waals surface area contributed by atoms with Crippen LogP contribution in [0.15, 0.2) is 36.7 Å². The van der Waals surface area contributed by atoms with Gasteiger partial charge in [-0.25, -0.2) is 9.97 Å². The van der Waals surface area contributed by atoms with E-state index in [9.17, 15) is 4.79 Å². The number of hydrogen-bond acceptors (Lipinski definition) is 4. The lowest BCUT2D eigenvalue weighted by molar-refractivity contribution is 0.0928. The van der Waals surface area contributed by atoms with Gasteiger partial charge in [-0.3, -0.25) is 4.79 Å². The van der Waals surface area contributed by atoms with Crippen LogP contribution in [0.4, 0.5) is 11.5 Å². The van der Waals surface area contributed by atoms with E-state index in [1.54, 1.807) is 12.4 Å². The van der Waals surface area contributed by atoms with E-state index in [0.717, 1.165) is 18.5 Å². The lowest BCUT2D eigenvalue weighted by Gasteiger charge is -2.16. The summed E-state index contributed by atoms with van der Waals surface area (Å²) < 4.78 is 0. The van der Waals surface area contributed by atoms with Gasteiger partial charge in [0.05, 0.1) is 12.4 Å². The molecule has 0 spiro atoms. The van der Waals surface area contributed by atoms with Gasteiger partial charge in [0.2, 0.25) is 0 Å². The Morgan fingerprint density at radius 3 is 2.42 bits per heavy atom. The van der Waals surface area contributed by atoms with E-state index in [-0.39, 0.29) is 11.9 Å². The van der Waals surface area contributed by atoms with Gasteiger partial charge in [-0.15, -0.1) is 0 Å². The monoisotopic (exact) mass is 352 g/mol. The summed E-state index contributed by atoms with van der Waals surface area (Å²) in [5.74, 6) is 0.930. The standard InChI is InChI=1S/C21H28N4O/c1-15(2)17-11-7-8-12-18(17)25-20-14-22-19(13-23-20)21(26)24-16-9-5-3-4-6-10-16/h7-8,11-16H,3-6,9-10H2,1-2H3,(H,23,25)(H,24,26). The molecule has 26 heavy (non-hydrogen) atoms. The van der Waals surface area contributed by atoms with Crippen molar-refractivity contribution in [2.75, 3.05) is 5.32 Å². The van der Waals surface area contributed by atoms with E-state index in [0.29, 0.717) is 17.4 Å². The van der Waals surface area contributed by atoms with Crippen molar-refractivity contribution >= 4 is 17.4 Å². The molecule has 2 N–H and O–H groups in total. The molecule has 0 saturated heterocycles. The summed E-state index contributed by atoms with van der Waals surface area (Å²) >= 11 is 0. The molecule has 0 bridgehead atoms. The Balaban J connectivity index is 1.64. The number of rotatable bonds is 5. The summed E-state index contributed by atoms with van der Waals surface area (Å²) in [4.78, 5) is 21.1. The second-order valence-corrected chi connectivity index (χ2v) is 7.32. The topological polar surface area (TPSA) is 66.9 Å². The number of anilines is 2. The van der Waals surface area contributed by atoms with E-state index >= 15 is 0 Å². The SMILES string of the molecule is CC(C)c1ccccc1Nc1cnc(C(=O)NC2CCCCCC2)cn1. The first-order valence-corrected chi connectivity index (χ1v) is 9.62. The van der Waals surface area contributed by atoms with E-state index in [2.05, 4.69) is 40.5 Å². The summed E-state index contributed by atoms with van der Waals surface area (Å²) in [6.07, 6.45) is 10.2. The van der Waals surface area contributed by atoms with Gasteiger partial charge in [-0.2, -0.15) is 0 Å². The molecule has 1 fully saturated rings. The fourth-order valence-corrected chi connectivity index (χ4v) is 3.45. The molecule has 0 aliphatic heterocycles. The molecule has 0 radical (unpaired) electrons. The van der Waals surface area contributed by atoms with Crippen LogP contribution in [0.1, 0.15) is 74.3 Å². The van der Waals surface area contributed by atoms with Gasteiger partial charge in [-0.1, -0.05) is 57.7 Å². The van der Waals surface area contributed by atoms with Crippen LogP contribution in [-0.4, -0.2) is 21.9 Å². The Morgan fingerprint density at radius 2 is 1.77 bits per heavy atom. The maximum Gasteiger partial charge on any atom is 0.271 e. The largest absolute Gasteiger partial charge is 0.348 e. The lowest BCUT2D eigenvalue weighted by Crippen LogP contribution is -2.34. The van der Waals surface area contributed by atoms with Crippen molar-refractivity contribution in [3.05, 3.63) is 47.9 Å². The lowest BCUT2D eigenvalue weighted by atomic mass is 10.0. The maximum absolute atomic E-state index is 12.4. The van der Waals surface area contributed by atoms with Crippen LogP contribution in [-0.2, 0) is 0 Å². The number of amides is 1. The smallest absolute Gasteiger partial charge is 0.271 e. The Labute approximate surface area is 155 Å². The van der Waals surface area contributed by atoms with E-state index in [1.807, 2.05) is 18.2 Å². The number of carbonyl (C=O) groups excluding carboxylic acids is 1. The third-order valence-corrected chi connectivity index (χ3v) is 4.92. The molecule has 5 heteroatoms. The average Bonchev–Trinajstić information content (AvgIpc) is 2.91. The number of carbonyl (C=O) groups is 1. The number of aromatic nitrogens is 2. The molecule has 1 heterocycles. The molecule has 138 valence electrons. The highest BCUT2D eigenvalue weighted by molar-refractivity contribution is 5.92. The number of benzene rings is 1. The predicted octanol–water partition coefficient (Wildman–Crippen LogP) is 4.80. The molecule has 0 atom stereocenters. The molecule has 0 unspecified atom stereocenters. The highest BCUT2D eigenvalue weighted by atomic mass is 16.1. The minimum Gasteiger partial charge on any atom is -0.348 e. The van der Waals surface area contributed by atoms with Crippen LogP contribution >= 0.6 is 0 Å². The Hall–Kier alpha value is -2.43. The van der Waals surface area contributed by atoms with Crippen molar-refractivity contribution in [2.24, 2.45) is 0 Å². The van der Waals surface area contributed by atoms with Crippen LogP contribution in [0.25, 0.3) is 0 Å². The molecule has 1 aliphatic carbocycles. The molecule has 5 nitrogen and oxygen atoms in total. The van der Waals surface area contributed by atoms with Crippen molar-refractivity contribution < 1.29 is 4.79 Å². The van der Waals surface area contributed by atoms with Crippen LogP contribution in [0.5, 0.6) is 0 Å². The molecule has 1 aromatic heterocycles. The maximum atomic E-state index is 12.4. The fourth-order valence-electron chi connectivity index (χ4n) is 3.45. The highest BCUT2D eigenvalue weighted by Gasteiger charge is 2.17. The number of nitrogens with one attached hydrogen (secondary N) is 2. The normalized spacial score (nSPS) is 15.5. The molecule has 2 aromatic rings. The van der Waals surface area contributed by atoms with Gasteiger partial charge in [0.1, 0.15) is 11.5 Å². The Bertz CT molecular complexity index is 719. The Kier molecular flexibility index (Phi) is 6.21. The highest BCUT2D eigenvalue weighted by Crippen LogP contribution is 2.26. The Morgan fingerprint density at radius 1 is 1.04 bits per heavy atom. The van der Waals surface area contributed by atoms with Gasteiger partial charge in [0.15, 0.2) is 0 Å². The van der Waals surface area contributed by atoms with Gasteiger partial charge < -0.3 is 10.6 Å². The van der Waals surface area contributed by atoms with Gasteiger partial charge >= 0.3 is 0 Å². The van der Waals surface area contributed by atoms with Crippen molar-refractivity contribution in [1.29, 1.82) is 0 Å². The minimum atomic E-state index is -0.126. The minimum absolute atomic E-state index is 0.126. The van der Waals surface area contributed by atoms with E-state index in [1.165, 1.54) is 31.2 Å². The zero-order chi connectivity index (χ0) is 18.4. The zero-order valence-corrected chi connectivity index (χ0v) is 15.7. The van der Waals surface area contributed by atoms with E-state index in [4.69, 9.17) is 0 Å². The van der Waals surface area contributed by atoms with Crippen LogP contribution in [0.3, 0.4) is 0 Å². The molecule has 1 aromatic carbocycles. The van der Waals surface area contributed by atoms with Crippen LogP contribution < -0.4 is 10.6 Å². The third kappa shape index (κ3) is 4.81. The summed E-state index contributed by atoms with van der Waals surface area (Å²) in [6.45, 7) is 4.32. The van der Waals surface area contributed by atoms with Gasteiger partial charge in [0, 0.05) is 11.7 Å². The second-order valence-electron chi connectivity index (χ2n) is 7.32. The number of nitrogens with zero attached hydrogens (tertiary/aromatic N) is 2. The fraction of sp³-hybridized carbons (Fsp3) is 0.476. The zero-order valence-electron chi connectivity index (χ0n) is 15.7. The average molecular weight is 352 g/mol. The first-order valence-electron chi connectivity index (χ1n) is 9.62. The summed E-state index contributed by atoms with van der Waals surface area (Å²) in [5, 5.41) is 6.41. The summed E-state index contributed by atoms with van der Waals surface area (Å²) in [7, 11) is 0. The quantitative estimate of drug-likeness (QED) is 0.759. The molecule has 3 rings (SSSR count). The van der Waals surface area contributed by atoms with Crippen LogP contribution in [0, 0.1) is 0 Å². The predicted molar refractivity (Wildman–Crippen MR) is 105 cm³/mol. The molecule has 1 aliphatic rings. The summed E-state index contributed by atoms with van der Waals surface area (Å²) in [6, 6.07) is 8.43. The molecular weight excluding hydrogens is 324 g/mol. The summed E-state index contributed by atoms with van der Waals surface area (Å²) in [5.41, 5.74) is 2.62. The second kappa shape index (κ2) is 8.79. The molecular formula is C21H28N4O. The third-order valence-electron chi connectivity index (χ3n) is 4.92. The van der Waals surface area contributed by atoms with Crippen molar-refractivity contribution in [3.63, 3.8) is 0 Å². The van der Waals surface area contributed by atoms with Crippen molar-refractivity contribution in [1.82, 2.24) is 15.3 Å². The first kappa shape index (κ1) is 18.4. The molecule has 1 amide bonds. The van der Waals surface area contributed by atoms with Crippen molar-refractivity contribution in [3.8, 4) is 0 Å². The number of para-hydroxylation sites is 1. The number of hydrogen-bond donors (Lipinski definition) is 2. The van der Waals surface area contributed by atoms with Gasteiger partial charge in [-0.05, 0) is 30.4 Å². The molecule has 1 saturated carbocycles.